The van der Waals surface area contributed by atoms with Crippen molar-refractivity contribution in [2.24, 2.45) is 5.92 Å². The van der Waals surface area contributed by atoms with E-state index in [-0.39, 0.29) is 0 Å². The second-order valence-corrected chi connectivity index (χ2v) is 7.13. The third-order valence-corrected chi connectivity index (χ3v) is 5.43. The van der Waals surface area contributed by atoms with Crippen molar-refractivity contribution in [1.82, 2.24) is 19.6 Å². The second kappa shape index (κ2) is 5.13. The van der Waals surface area contributed by atoms with Gasteiger partial charge in [-0.2, -0.15) is 4.52 Å². The van der Waals surface area contributed by atoms with Gasteiger partial charge in [0.05, 0.1) is 11.4 Å². The highest BCUT2D eigenvalue weighted by Crippen LogP contribution is 2.38. The van der Waals surface area contributed by atoms with Gasteiger partial charge in [-0.15, -0.1) is 16.4 Å². The number of carboxylic acid groups (broad SMARTS) is 1. The number of aryl methyl sites for hydroxylation is 2. The molecule has 0 spiro atoms. The van der Waals surface area contributed by atoms with Crippen molar-refractivity contribution in [2.45, 2.75) is 33.1 Å². The van der Waals surface area contributed by atoms with Gasteiger partial charge < -0.3 is 9.90 Å². The van der Waals surface area contributed by atoms with Crippen LogP contribution < -0.4 is 5.11 Å². The Morgan fingerprint density at radius 3 is 3.04 bits per heavy atom. The monoisotopic (exact) mass is 327 g/mol. The molecule has 3 aromatic heterocycles. The molecule has 3 aromatic rings. The summed E-state index contributed by atoms with van der Waals surface area (Å²) in [4.78, 5) is 22.2. The minimum Gasteiger partial charge on any atom is -0.545 e. The lowest BCUT2D eigenvalue weighted by Crippen LogP contribution is -2.18. The topological polar surface area (TPSA) is 83.2 Å². The Labute approximate surface area is 136 Å². The molecule has 0 amide bonds. The standard InChI is InChI=1S/C16H16N4O2S/c1-8-3-4-10-11(7-8)23-16-14(10)15-18-12(5-6-13(21)22)19-20(15)9(2)17-16/h5-6,8H,3-4,7H2,1-2H3,(H,21,22)/p-1/b6-5-/t8-/m1/s1. The predicted octanol–water partition coefficient (Wildman–Crippen LogP) is 1.54. The molecule has 0 fully saturated rings. The third kappa shape index (κ3) is 2.31. The van der Waals surface area contributed by atoms with Crippen LogP contribution in [0.4, 0.5) is 0 Å². The summed E-state index contributed by atoms with van der Waals surface area (Å²) in [7, 11) is 0. The van der Waals surface area contributed by atoms with Gasteiger partial charge in [0.1, 0.15) is 10.7 Å². The predicted molar refractivity (Wildman–Crippen MR) is 86.1 cm³/mol. The Hall–Kier alpha value is -2.28. The van der Waals surface area contributed by atoms with Gasteiger partial charge >= 0.3 is 0 Å². The number of aromatic nitrogens is 4. The summed E-state index contributed by atoms with van der Waals surface area (Å²) in [5, 5.41) is 16.0. The zero-order chi connectivity index (χ0) is 16.1. The van der Waals surface area contributed by atoms with Gasteiger partial charge in [0.25, 0.3) is 0 Å². The summed E-state index contributed by atoms with van der Waals surface area (Å²) in [5.74, 6) is 0.549. The first-order valence-electron chi connectivity index (χ1n) is 7.59. The highest BCUT2D eigenvalue weighted by molar-refractivity contribution is 7.19. The van der Waals surface area contributed by atoms with Crippen molar-refractivity contribution in [3.05, 3.63) is 28.2 Å². The fraction of sp³-hybridized carbons (Fsp3) is 0.375. The summed E-state index contributed by atoms with van der Waals surface area (Å²) in [6, 6.07) is 0. The van der Waals surface area contributed by atoms with Crippen LogP contribution in [0, 0.1) is 12.8 Å². The molecule has 7 heteroatoms. The molecule has 0 N–H and O–H groups in total. The number of carbonyl (C=O) groups is 1. The number of carbonyl (C=O) groups excluding carboxylic acids is 1. The van der Waals surface area contributed by atoms with Gasteiger partial charge in [0, 0.05) is 4.88 Å². The number of fused-ring (bicyclic) bond motifs is 5. The van der Waals surface area contributed by atoms with Crippen molar-refractivity contribution in [2.75, 3.05) is 0 Å². The van der Waals surface area contributed by atoms with Crippen LogP contribution in [0.15, 0.2) is 6.08 Å². The zero-order valence-corrected chi connectivity index (χ0v) is 13.7. The van der Waals surface area contributed by atoms with Gasteiger partial charge in [0.15, 0.2) is 11.5 Å². The van der Waals surface area contributed by atoms with E-state index in [2.05, 4.69) is 22.0 Å². The molecule has 0 aromatic carbocycles. The van der Waals surface area contributed by atoms with Crippen LogP contribution in [0.2, 0.25) is 0 Å². The first-order valence-corrected chi connectivity index (χ1v) is 8.41. The molecule has 0 saturated heterocycles. The van der Waals surface area contributed by atoms with Crippen molar-refractivity contribution in [1.29, 1.82) is 0 Å². The Morgan fingerprint density at radius 2 is 2.26 bits per heavy atom. The lowest BCUT2D eigenvalue weighted by molar-refractivity contribution is -0.297. The molecule has 1 aliphatic carbocycles. The van der Waals surface area contributed by atoms with E-state index in [0.29, 0.717) is 11.7 Å². The summed E-state index contributed by atoms with van der Waals surface area (Å²) < 4.78 is 1.70. The Morgan fingerprint density at radius 1 is 1.43 bits per heavy atom. The lowest BCUT2D eigenvalue weighted by Gasteiger charge is -2.17. The Balaban J connectivity index is 1.97. The van der Waals surface area contributed by atoms with Gasteiger partial charge in [-0.05, 0) is 49.8 Å². The first kappa shape index (κ1) is 14.3. The van der Waals surface area contributed by atoms with Crippen LogP contribution >= 0.6 is 11.3 Å². The van der Waals surface area contributed by atoms with Crippen LogP contribution in [0.5, 0.6) is 0 Å². The number of nitrogens with zero attached hydrogens (tertiary/aromatic N) is 4. The van der Waals surface area contributed by atoms with Crippen LogP contribution in [0.25, 0.3) is 21.9 Å². The molecule has 118 valence electrons. The molecule has 0 radical (unpaired) electrons. The van der Waals surface area contributed by atoms with Crippen molar-refractivity contribution in [3.8, 4) is 0 Å². The van der Waals surface area contributed by atoms with E-state index in [1.807, 2.05) is 6.92 Å². The summed E-state index contributed by atoms with van der Waals surface area (Å²) in [6.45, 7) is 4.16. The number of rotatable bonds is 2. The van der Waals surface area contributed by atoms with Crippen LogP contribution in [0.1, 0.15) is 35.4 Å². The molecule has 4 rings (SSSR count). The molecule has 0 saturated carbocycles. The average Bonchev–Trinajstić information content (AvgIpc) is 3.05. The van der Waals surface area contributed by atoms with Gasteiger partial charge in [-0.1, -0.05) is 6.92 Å². The van der Waals surface area contributed by atoms with E-state index in [9.17, 15) is 9.90 Å². The van der Waals surface area contributed by atoms with Crippen LogP contribution in [-0.2, 0) is 17.6 Å². The van der Waals surface area contributed by atoms with E-state index < -0.39 is 5.97 Å². The highest BCUT2D eigenvalue weighted by atomic mass is 32.1. The van der Waals surface area contributed by atoms with Crippen molar-refractivity contribution in [3.63, 3.8) is 0 Å². The maximum atomic E-state index is 10.6. The van der Waals surface area contributed by atoms with E-state index in [0.717, 1.165) is 40.6 Å². The zero-order valence-electron chi connectivity index (χ0n) is 12.9. The Bertz CT molecular complexity index is 970. The number of hydrogen-bond acceptors (Lipinski definition) is 6. The minimum absolute atomic E-state index is 0.357. The van der Waals surface area contributed by atoms with Crippen molar-refractivity contribution >= 4 is 39.2 Å². The van der Waals surface area contributed by atoms with Crippen LogP contribution in [0.3, 0.4) is 0 Å². The van der Waals surface area contributed by atoms with E-state index >= 15 is 0 Å². The molecule has 23 heavy (non-hydrogen) atoms. The van der Waals surface area contributed by atoms with E-state index in [4.69, 9.17) is 0 Å². The molecular weight excluding hydrogens is 312 g/mol. The minimum atomic E-state index is -1.26. The summed E-state index contributed by atoms with van der Waals surface area (Å²) >= 11 is 1.75. The SMILES string of the molecule is Cc1nc2sc3c(c2c2nc(/C=C\C(=O)[O-])nn12)CC[C@@H](C)C3. The van der Waals surface area contributed by atoms with E-state index in [1.165, 1.54) is 22.9 Å². The molecule has 0 unspecified atom stereocenters. The smallest absolute Gasteiger partial charge is 0.175 e. The first-order chi connectivity index (χ1) is 11.0. The number of thiophene rings is 1. The fourth-order valence-corrected chi connectivity index (χ4v) is 4.59. The Kier molecular flexibility index (Phi) is 3.19. The number of carboxylic acids is 1. The molecule has 1 atom stereocenters. The van der Waals surface area contributed by atoms with Gasteiger partial charge in [-0.3, -0.25) is 0 Å². The highest BCUT2D eigenvalue weighted by Gasteiger charge is 2.24. The number of aliphatic carboxylic acids is 1. The lowest BCUT2D eigenvalue weighted by atomic mass is 9.89. The average molecular weight is 327 g/mol. The largest absolute Gasteiger partial charge is 0.545 e. The quantitative estimate of drug-likeness (QED) is 0.667. The van der Waals surface area contributed by atoms with Gasteiger partial charge in [-0.25, -0.2) is 9.97 Å². The van der Waals surface area contributed by atoms with Crippen LogP contribution in [-0.4, -0.2) is 25.6 Å². The van der Waals surface area contributed by atoms with Gasteiger partial charge in [0.2, 0.25) is 0 Å². The van der Waals surface area contributed by atoms with E-state index in [1.54, 1.807) is 15.9 Å². The molecule has 0 bridgehead atoms. The molecular formula is C16H15N4O2S-. The number of hydrogen-bond donors (Lipinski definition) is 0. The maximum Gasteiger partial charge on any atom is 0.175 e. The molecule has 1 aliphatic rings. The summed E-state index contributed by atoms with van der Waals surface area (Å²) in [6.07, 6.45) is 5.60. The second-order valence-electron chi connectivity index (χ2n) is 6.05. The third-order valence-electron chi connectivity index (χ3n) is 4.28. The molecule has 6 nitrogen and oxygen atoms in total. The normalized spacial score (nSPS) is 18.1. The maximum absolute atomic E-state index is 10.6. The molecule has 0 aliphatic heterocycles. The summed E-state index contributed by atoms with van der Waals surface area (Å²) in [5.41, 5.74) is 2.10. The molecule has 3 heterocycles. The van der Waals surface area contributed by atoms with Crippen molar-refractivity contribution < 1.29 is 9.90 Å². The fourth-order valence-electron chi connectivity index (χ4n) is 3.17.